The van der Waals surface area contributed by atoms with Gasteiger partial charge in [-0.25, -0.2) is 9.69 Å². The zero-order valence-electron chi connectivity index (χ0n) is 11.0. The minimum atomic E-state index is -0.688. The molecule has 2 amide bonds. The van der Waals surface area contributed by atoms with Gasteiger partial charge in [-0.05, 0) is 25.3 Å². The van der Waals surface area contributed by atoms with E-state index in [4.69, 9.17) is 4.74 Å². The third-order valence-corrected chi connectivity index (χ3v) is 3.93. The van der Waals surface area contributed by atoms with E-state index in [0.29, 0.717) is 0 Å². The summed E-state index contributed by atoms with van der Waals surface area (Å²) in [5, 5.41) is 1.94. The molecule has 1 saturated heterocycles. The summed E-state index contributed by atoms with van der Waals surface area (Å²) in [6.45, 7) is 7.24. The fraction of sp³-hybridized carbons (Fsp3) is 0.538. The summed E-state index contributed by atoms with van der Waals surface area (Å²) in [6.07, 6.45) is -0.544. The number of amides is 2. The Morgan fingerprint density at radius 1 is 1.50 bits per heavy atom. The molecule has 4 nitrogen and oxygen atoms in total. The summed E-state index contributed by atoms with van der Waals surface area (Å²) < 4.78 is 5.34. The molecule has 0 N–H and O–H groups in total. The van der Waals surface area contributed by atoms with Gasteiger partial charge in [0.2, 0.25) is 5.91 Å². The van der Waals surface area contributed by atoms with E-state index in [0.717, 1.165) is 4.88 Å². The van der Waals surface area contributed by atoms with Crippen molar-refractivity contribution in [3.05, 3.63) is 22.4 Å². The topological polar surface area (TPSA) is 46.6 Å². The van der Waals surface area contributed by atoms with Crippen LogP contribution < -0.4 is 0 Å². The van der Waals surface area contributed by atoms with Crippen LogP contribution in [0.2, 0.25) is 0 Å². The molecule has 2 heterocycles. The summed E-state index contributed by atoms with van der Waals surface area (Å²) in [7, 11) is 0. The molecular weight excluding hydrogens is 250 g/mol. The van der Waals surface area contributed by atoms with Crippen LogP contribution in [0.3, 0.4) is 0 Å². The average Bonchev–Trinajstić information content (AvgIpc) is 2.82. The van der Waals surface area contributed by atoms with Gasteiger partial charge < -0.3 is 4.74 Å². The van der Waals surface area contributed by atoms with Crippen LogP contribution in [0.4, 0.5) is 4.79 Å². The Balaban J connectivity index is 2.43. The van der Waals surface area contributed by atoms with Gasteiger partial charge in [0.25, 0.3) is 0 Å². The Hall–Kier alpha value is -1.36. The third kappa shape index (κ3) is 2.03. The molecule has 98 valence electrons. The van der Waals surface area contributed by atoms with Gasteiger partial charge in [0.1, 0.15) is 11.6 Å². The van der Waals surface area contributed by atoms with E-state index < -0.39 is 11.7 Å². The van der Waals surface area contributed by atoms with Crippen LogP contribution in [-0.2, 0) is 9.53 Å². The molecule has 0 radical (unpaired) electrons. The Labute approximate surface area is 111 Å². The van der Waals surface area contributed by atoms with Gasteiger partial charge in [-0.2, -0.15) is 0 Å². The number of imide groups is 1. The fourth-order valence-corrected chi connectivity index (χ4v) is 3.15. The Morgan fingerprint density at radius 2 is 2.17 bits per heavy atom. The molecule has 0 spiro atoms. The number of carbonyl (C=O) groups is 2. The SMILES string of the molecule is CC(C)C(=O)N1C(=O)OC(C)(C)[C@H]1c1cccs1. The highest BCUT2D eigenvalue weighted by molar-refractivity contribution is 7.10. The number of ether oxygens (including phenoxy) is 1. The second-order valence-corrected chi connectivity index (χ2v) is 6.23. The smallest absolute Gasteiger partial charge is 0.417 e. The van der Waals surface area contributed by atoms with Gasteiger partial charge in [-0.15, -0.1) is 11.3 Å². The summed E-state index contributed by atoms with van der Waals surface area (Å²) in [5.74, 6) is -0.419. The molecule has 2 rings (SSSR count). The summed E-state index contributed by atoms with van der Waals surface area (Å²) >= 11 is 1.53. The fourth-order valence-electron chi connectivity index (χ4n) is 2.16. The first kappa shape index (κ1) is 13.1. The maximum Gasteiger partial charge on any atom is 0.417 e. The second-order valence-electron chi connectivity index (χ2n) is 5.25. The first-order valence-electron chi connectivity index (χ1n) is 5.94. The molecule has 1 fully saturated rings. The largest absolute Gasteiger partial charge is 0.440 e. The summed E-state index contributed by atoms with van der Waals surface area (Å²) in [5.41, 5.74) is -0.688. The second kappa shape index (κ2) is 4.39. The highest BCUT2D eigenvalue weighted by Crippen LogP contribution is 2.43. The molecule has 1 aromatic rings. The Kier molecular flexibility index (Phi) is 3.19. The van der Waals surface area contributed by atoms with Crippen LogP contribution in [0, 0.1) is 5.92 Å². The molecule has 0 bridgehead atoms. The van der Waals surface area contributed by atoms with Crippen molar-refractivity contribution in [3.63, 3.8) is 0 Å². The van der Waals surface area contributed by atoms with Crippen molar-refractivity contribution in [3.8, 4) is 0 Å². The molecule has 1 aromatic heterocycles. The number of nitrogens with zero attached hydrogens (tertiary/aromatic N) is 1. The van der Waals surface area contributed by atoms with Crippen LogP contribution in [0.5, 0.6) is 0 Å². The highest BCUT2D eigenvalue weighted by Gasteiger charge is 2.52. The van der Waals surface area contributed by atoms with E-state index in [1.54, 1.807) is 13.8 Å². The van der Waals surface area contributed by atoms with Crippen molar-refractivity contribution in [1.29, 1.82) is 0 Å². The Bertz CT molecular complexity index is 465. The van der Waals surface area contributed by atoms with E-state index in [1.165, 1.54) is 16.2 Å². The van der Waals surface area contributed by atoms with Crippen molar-refractivity contribution < 1.29 is 14.3 Å². The lowest BCUT2D eigenvalue weighted by Gasteiger charge is -2.27. The molecule has 0 aliphatic carbocycles. The molecule has 0 saturated carbocycles. The van der Waals surface area contributed by atoms with Gasteiger partial charge in [0.15, 0.2) is 0 Å². The zero-order valence-corrected chi connectivity index (χ0v) is 11.8. The van der Waals surface area contributed by atoms with Crippen LogP contribution in [-0.4, -0.2) is 22.5 Å². The standard InChI is InChI=1S/C13H17NO3S/c1-8(2)11(15)14-10(9-6-5-7-18-9)13(3,4)17-12(14)16/h5-8,10H,1-4H3/t10-/m1/s1. The highest BCUT2D eigenvalue weighted by atomic mass is 32.1. The van der Waals surface area contributed by atoms with E-state index in [-0.39, 0.29) is 17.9 Å². The maximum absolute atomic E-state index is 12.2. The number of rotatable bonds is 2. The van der Waals surface area contributed by atoms with Crippen molar-refractivity contribution in [2.75, 3.05) is 0 Å². The van der Waals surface area contributed by atoms with Crippen molar-refractivity contribution in [1.82, 2.24) is 4.90 Å². The van der Waals surface area contributed by atoms with Gasteiger partial charge >= 0.3 is 6.09 Å². The quantitative estimate of drug-likeness (QED) is 0.826. The Morgan fingerprint density at radius 3 is 2.67 bits per heavy atom. The van der Waals surface area contributed by atoms with Gasteiger partial charge in [0, 0.05) is 10.8 Å². The number of cyclic esters (lactones) is 1. The monoisotopic (exact) mass is 267 g/mol. The molecule has 0 aromatic carbocycles. The first-order valence-corrected chi connectivity index (χ1v) is 6.82. The molecular formula is C13H17NO3S. The van der Waals surface area contributed by atoms with Crippen LogP contribution in [0.15, 0.2) is 17.5 Å². The van der Waals surface area contributed by atoms with Crippen LogP contribution >= 0.6 is 11.3 Å². The molecule has 5 heteroatoms. The lowest BCUT2D eigenvalue weighted by Crippen LogP contribution is -2.39. The van der Waals surface area contributed by atoms with E-state index in [9.17, 15) is 9.59 Å². The minimum Gasteiger partial charge on any atom is -0.440 e. The normalized spacial score (nSPS) is 22.4. The van der Waals surface area contributed by atoms with Crippen LogP contribution in [0.1, 0.15) is 38.6 Å². The summed E-state index contributed by atoms with van der Waals surface area (Å²) in [4.78, 5) is 26.3. The first-order chi connectivity index (χ1) is 8.34. The van der Waals surface area contributed by atoms with E-state index in [1.807, 2.05) is 31.4 Å². The van der Waals surface area contributed by atoms with Gasteiger partial charge in [-0.1, -0.05) is 19.9 Å². The predicted molar refractivity (Wildman–Crippen MR) is 69.3 cm³/mol. The molecule has 0 unspecified atom stereocenters. The molecule has 1 atom stereocenters. The average molecular weight is 267 g/mol. The van der Waals surface area contributed by atoms with Crippen LogP contribution in [0.25, 0.3) is 0 Å². The number of thiophene rings is 1. The van der Waals surface area contributed by atoms with Gasteiger partial charge in [-0.3, -0.25) is 4.79 Å². The number of hydrogen-bond acceptors (Lipinski definition) is 4. The number of carbonyl (C=O) groups excluding carboxylic acids is 2. The third-order valence-electron chi connectivity index (χ3n) is 3.01. The molecule has 1 aliphatic rings. The lowest BCUT2D eigenvalue weighted by molar-refractivity contribution is -0.132. The molecule has 18 heavy (non-hydrogen) atoms. The molecule has 1 aliphatic heterocycles. The number of hydrogen-bond donors (Lipinski definition) is 0. The van der Waals surface area contributed by atoms with E-state index >= 15 is 0 Å². The van der Waals surface area contributed by atoms with Crippen molar-refractivity contribution >= 4 is 23.3 Å². The van der Waals surface area contributed by atoms with Gasteiger partial charge in [0.05, 0.1) is 0 Å². The van der Waals surface area contributed by atoms with Crippen molar-refractivity contribution in [2.45, 2.75) is 39.3 Å². The predicted octanol–water partition coefficient (Wildman–Crippen LogP) is 3.20. The lowest BCUT2D eigenvalue weighted by atomic mass is 9.96. The maximum atomic E-state index is 12.2. The zero-order chi connectivity index (χ0) is 13.5. The van der Waals surface area contributed by atoms with Crippen molar-refractivity contribution in [2.24, 2.45) is 5.92 Å². The minimum absolute atomic E-state index is 0.191. The van der Waals surface area contributed by atoms with E-state index in [2.05, 4.69) is 0 Å². The summed E-state index contributed by atoms with van der Waals surface area (Å²) in [6, 6.07) is 3.51.